The highest BCUT2D eigenvalue weighted by Crippen LogP contribution is 2.16. The Hall–Kier alpha value is -3.41. The summed E-state index contributed by atoms with van der Waals surface area (Å²) in [6.07, 6.45) is 3.06. The van der Waals surface area contributed by atoms with Crippen LogP contribution in [0.2, 0.25) is 0 Å². The van der Waals surface area contributed by atoms with Crippen LogP contribution in [0.15, 0.2) is 70.5 Å². The van der Waals surface area contributed by atoms with E-state index in [0.717, 1.165) is 16.7 Å². The number of aromatic nitrogens is 2. The number of nitrogens with zero attached hydrogens (tertiary/aromatic N) is 3. The summed E-state index contributed by atoms with van der Waals surface area (Å²) in [4.78, 5) is 39.8. The number of amides is 1. The molecule has 0 unspecified atom stereocenters. The fourth-order valence-corrected chi connectivity index (χ4v) is 3.42. The molecule has 1 aromatic heterocycles. The van der Waals surface area contributed by atoms with Crippen LogP contribution in [-0.2, 0) is 17.9 Å². The Morgan fingerprint density at radius 3 is 2.17 bits per heavy atom. The molecule has 0 saturated carbocycles. The fraction of sp³-hybridized carbons (Fsp3) is 0.261. The monoisotopic (exact) mass is 391 g/mol. The molecule has 0 spiro atoms. The zero-order chi connectivity index (χ0) is 21.0. The summed E-state index contributed by atoms with van der Waals surface area (Å²) >= 11 is 0. The summed E-state index contributed by atoms with van der Waals surface area (Å²) < 4.78 is 2.54. The number of likely N-dealkylation sites (N-methyl/N-ethyl adjacent to an activating group) is 1. The lowest BCUT2D eigenvalue weighted by Crippen LogP contribution is -2.43. The van der Waals surface area contributed by atoms with Gasteiger partial charge in [0, 0.05) is 25.5 Å². The average Bonchev–Trinajstić information content (AvgIpc) is 2.71. The molecule has 0 aliphatic rings. The molecule has 6 heteroatoms. The molecule has 0 fully saturated rings. The topological polar surface area (TPSA) is 64.3 Å². The number of carbonyl (C=O) groups is 1. The SMILES string of the molecule is CCN(Cc1ccccc1)C(=O)Cn1ccn(-c2c(C)cccc2C)c(=O)c1=O. The normalized spacial score (nSPS) is 10.7. The van der Waals surface area contributed by atoms with E-state index in [2.05, 4.69) is 0 Å². The van der Waals surface area contributed by atoms with Crippen LogP contribution in [-0.4, -0.2) is 26.5 Å². The molecule has 1 heterocycles. The Bertz CT molecular complexity index is 1110. The minimum Gasteiger partial charge on any atom is -0.337 e. The Balaban J connectivity index is 1.87. The number of carbonyl (C=O) groups excluding carboxylic acids is 1. The van der Waals surface area contributed by atoms with E-state index in [0.29, 0.717) is 18.8 Å². The third kappa shape index (κ3) is 4.37. The van der Waals surface area contributed by atoms with Crippen LogP contribution in [0.1, 0.15) is 23.6 Å². The van der Waals surface area contributed by atoms with Crippen molar-refractivity contribution in [3.63, 3.8) is 0 Å². The molecule has 0 atom stereocenters. The van der Waals surface area contributed by atoms with Crippen molar-refractivity contribution in [2.45, 2.75) is 33.9 Å². The predicted molar refractivity (Wildman–Crippen MR) is 113 cm³/mol. The van der Waals surface area contributed by atoms with E-state index in [9.17, 15) is 14.4 Å². The molecule has 2 aromatic carbocycles. The van der Waals surface area contributed by atoms with Crippen LogP contribution in [0.5, 0.6) is 0 Å². The van der Waals surface area contributed by atoms with Crippen LogP contribution in [0.3, 0.4) is 0 Å². The van der Waals surface area contributed by atoms with Gasteiger partial charge in [-0.3, -0.25) is 23.5 Å². The van der Waals surface area contributed by atoms with E-state index < -0.39 is 11.1 Å². The quantitative estimate of drug-likeness (QED) is 0.607. The molecular formula is C23H25N3O3. The Kier molecular flexibility index (Phi) is 6.12. The largest absolute Gasteiger partial charge is 0.337 e. The minimum absolute atomic E-state index is 0.164. The van der Waals surface area contributed by atoms with Crippen LogP contribution in [0.25, 0.3) is 5.69 Å². The van der Waals surface area contributed by atoms with Crippen LogP contribution < -0.4 is 11.1 Å². The summed E-state index contributed by atoms with van der Waals surface area (Å²) in [5.41, 5.74) is 2.15. The van der Waals surface area contributed by atoms with E-state index in [4.69, 9.17) is 0 Å². The van der Waals surface area contributed by atoms with Crippen molar-refractivity contribution in [3.8, 4) is 5.69 Å². The first-order chi connectivity index (χ1) is 13.9. The van der Waals surface area contributed by atoms with Gasteiger partial charge in [0.25, 0.3) is 0 Å². The number of benzene rings is 2. The van der Waals surface area contributed by atoms with E-state index in [1.54, 1.807) is 11.1 Å². The molecular weight excluding hydrogens is 366 g/mol. The number of rotatable bonds is 6. The third-order valence-electron chi connectivity index (χ3n) is 4.99. The van der Waals surface area contributed by atoms with Gasteiger partial charge in [-0.1, -0.05) is 48.5 Å². The fourth-order valence-electron chi connectivity index (χ4n) is 3.42. The van der Waals surface area contributed by atoms with Gasteiger partial charge in [0.1, 0.15) is 6.54 Å². The smallest absolute Gasteiger partial charge is 0.321 e. The maximum absolute atomic E-state index is 12.7. The van der Waals surface area contributed by atoms with Gasteiger partial charge in [0.15, 0.2) is 0 Å². The minimum atomic E-state index is -0.709. The first-order valence-electron chi connectivity index (χ1n) is 9.62. The summed E-state index contributed by atoms with van der Waals surface area (Å²) in [5.74, 6) is -0.206. The highest BCUT2D eigenvalue weighted by atomic mass is 16.2. The average molecular weight is 391 g/mol. The molecule has 0 N–H and O–H groups in total. The second-order valence-corrected chi connectivity index (χ2v) is 7.04. The molecule has 29 heavy (non-hydrogen) atoms. The van der Waals surface area contributed by atoms with Gasteiger partial charge in [-0.25, -0.2) is 0 Å². The Morgan fingerprint density at radius 2 is 1.55 bits per heavy atom. The van der Waals surface area contributed by atoms with Crippen LogP contribution >= 0.6 is 0 Å². The molecule has 0 aliphatic carbocycles. The van der Waals surface area contributed by atoms with E-state index >= 15 is 0 Å². The maximum atomic E-state index is 12.7. The molecule has 6 nitrogen and oxygen atoms in total. The molecule has 3 rings (SSSR count). The summed E-state index contributed by atoms with van der Waals surface area (Å²) in [6.45, 7) is 6.50. The number of para-hydroxylation sites is 1. The van der Waals surface area contributed by atoms with Crippen LogP contribution in [0, 0.1) is 13.8 Å². The lowest BCUT2D eigenvalue weighted by Gasteiger charge is -2.21. The number of hydrogen-bond donors (Lipinski definition) is 0. The van der Waals surface area contributed by atoms with Crippen molar-refractivity contribution < 1.29 is 4.79 Å². The van der Waals surface area contributed by atoms with Gasteiger partial charge in [-0.2, -0.15) is 0 Å². The first-order valence-corrected chi connectivity index (χ1v) is 9.62. The highest BCUT2D eigenvalue weighted by Gasteiger charge is 2.16. The highest BCUT2D eigenvalue weighted by molar-refractivity contribution is 5.76. The zero-order valence-electron chi connectivity index (χ0n) is 17.0. The Morgan fingerprint density at radius 1 is 0.897 bits per heavy atom. The van der Waals surface area contributed by atoms with E-state index in [1.807, 2.05) is 69.3 Å². The van der Waals surface area contributed by atoms with Crippen molar-refractivity contribution in [2.24, 2.45) is 0 Å². The molecule has 0 aliphatic heterocycles. The first kappa shape index (κ1) is 20.3. The van der Waals surface area contributed by atoms with Crippen molar-refractivity contribution in [2.75, 3.05) is 6.54 Å². The van der Waals surface area contributed by atoms with Gasteiger partial charge < -0.3 is 4.90 Å². The number of hydrogen-bond acceptors (Lipinski definition) is 3. The van der Waals surface area contributed by atoms with Crippen LogP contribution in [0.4, 0.5) is 0 Å². The third-order valence-corrected chi connectivity index (χ3v) is 4.99. The second-order valence-electron chi connectivity index (χ2n) is 7.04. The lowest BCUT2D eigenvalue weighted by atomic mass is 10.1. The van der Waals surface area contributed by atoms with Gasteiger partial charge in [0.05, 0.1) is 5.69 Å². The van der Waals surface area contributed by atoms with Gasteiger partial charge in [-0.15, -0.1) is 0 Å². The second kappa shape index (κ2) is 8.73. The van der Waals surface area contributed by atoms with E-state index in [1.165, 1.54) is 15.3 Å². The molecule has 150 valence electrons. The Labute approximate surface area is 169 Å². The summed E-state index contributed by atoms with van der Waals surface area (Å²) in [6, 6.07) is 15.4. The molecule has 0 radical (unpaired) electrons. The van der Waals surface area contributed by atoms with Crippen molar-refractivity contribution in [3.05, 3.63) is 98.3 Å². The molecule has 1 amide bonds. The summed E-state index contributed by atoms with van der Waals surface area (Å²) in [7, 11) is 0. The maximum Gasteiger partial charge on any atom is 0.321 e. The number of aryl methyl sites for hydroxylation is 2. The standard InChI is InChI=1S/C23H25N3O3/c1-4-24(15-19-11-6-5-7-12-19)20(27)16-25-13-14-26(23(29)22(25)28)21-17(2)9-8-10-18(21)3/h5-14H,4,15-16H2,1-3H3. The lowest BCUT2D eigenvalue weighted by molar-refractivity contribution is -0.132. The predicted octanol–water partition coefficient (Wildman–Crippen LogP) is 2.66. The van der Waals surface area contributed by atoms with E-state index in [-0.39, 0.29) is 12.5 Å². The molecule has 0 bridgehead atoms. The summed E-state index contributed by atoms with van der Waals surface area (Å²) in [5, 5.41) is 0. The van der Waals surface area contributed by atoms with Crippen molar-refractivity contribution in [1.29, 1.82) is 0 Å². The van der Waals surface area contributed by atoms with Gasteiger partial charge in [-0.05, 0) is 37.5 Å². The van der Waals surface area contributed by atoms with Crippen molar-refractivity contribution in [1.82, 2.24) is 14.0 Å². The van der Waals surface area contributed by atoms with Crippen molar-refractivity contribution >= 4 is 5.91 Å². The molecule has 0 saturated heterocycles. The van der Waals surface area contributed by atoms with Gasteiger partial charge in [0.2, 0.25) is 5.91 Å². The molecule has 3 aromatic rings. The zero-order valence-corrected chi connectivity index (χ0v) is 17.0. The van der Waals surface area contributed by atoms with Gasteiger partial charge >= 0.3 is 11.1 Å².